The van der Waals surface area contributed by atoms with Gasteiger partial charge in [0, 0.05) is 17.3 Å². The van der Waals surface area contributed by atoms with Gasteiger partial charge in [-0.25, -0.2) is 9.37 Å². The van der Waals surface area contributed by atoms with Crippen molar-refractivity contribution in [1.29, 1.82) is 0 Å². The summed E-state index contributed by atoms with van der Waals surface area (Å²) in [6, 6.07) is 12.0. The van der Waals surface area contributed by atoms with Crippen molar-refractivity contribution in [3.8, 4) is 22.8 Å². The summed E-state index contributed by atoms with van der Waals surface area (Å²) in [6.45, 7) is -0.0401. The number of anilines is 1. The van der Waals surface area contributed by atoms with Gasteiger partial charge < -0.3 is 14.8 Å². The maximum atomic E-state index is 12.9. The molecular formula is C19H14FN3O4. The Morgan fingerprint density at radius 1 is 1.11 bits per heavy atom. The van der Waals surface area contributed by atoms with Crippen molar-refractivity contribution in [2.24, 2.45) is 0 Å². The number of fused-ring (bicyclic) bond motifs is 1. The van der Waals surface area contributed by atoms with Crippen LogP contribution in [0.2, 0.25) is 0 Å². The van der Waals surface area contributed by atoms with Crippen molar-refractivity contribution >= 4 is 11.6 Å². The lowest BCUT2D eigenvalue weighted by Crippen LogP contribution is -2.27. The number of aromatic nitrogens is 2. The van der Waals surface area contributed by atoms with Crippen molar-refractivity contribution in [2.75, 3.05) is 12.1 Å². The van der Waals surface area contributed by atoms with Crippen molar-refractivity contribution in [3.63, 3.8) is 0 Å². The molecule has 1 aromatic heterocycles. The maximum absolute atomic E-state index is 12.9. The number of ether oxygens (including phenoxy) is 2. The van der Waals surface area contributed by atoms with Crippen LogP contribution in [0.15, 0.2) is 59.7 Å². The van der Waals surface area contributed by atoms with Crippen LogP contribution in [-0.2, 0) is 11.3 Å². The van der Waals surface area contributed by atoms with Gasteiger partial charge in [-0.05, 0) is 42.5 Å². The van der Waals surface area contributed by atoms with E-state index < -0.39 is 11.7 Å². The Balaban J connectivity index is 1.49. The van der Waals surface area contributed by atoms with Crippen LogP contribution in [0.3, 0.4) is 0 Å². The molecule has 2 heterocycles. The summed E-state index contributed by atoms with van der Waals surface area (Å²) in [5, 5.41) is 2.60. The zero-order chi connectivity index (χ0) is 18.8. The van der Waals surface area contributed by atoms with Gasteiger partial charge >= 0.3 is 0 Å². The molecule has 0 spiro atoms. The standard InChI is InChI=1S/C19H14FN3O4/c20-13-2-4-14(5-3-13)22-18(24)9-23-10-21-15(8-19(23)25)12-1-6-16-17(7-12)27-11-26-16/h1-8,10H,9,11H2,(H,22,24). The number of benzene rings is 2. The molecule has 8 heteroatoms. The third kappa shape index (κ3) is 3.64. The van der Waals surface area contributed by atoms with Gasteiger partial charge in [-0.3, -0.25) is 14.2 Å². The fourth-order valence-corrected chi connectivity index (χ4v) is 2.65. The highest BCUT2D eigenvalue weighted by Gasteiger charge is 2.15. The molecule has 0 radical (unpaired) electrons. The van der Waals surface area contributed by atoms with E-state index in [0.717, 1.165) is 0 Å². The lowest BCUT2D eigenvalue weighted by molar-refractivity contribution is -0.116. The van der Waals surface area contributed by atoms with Crippen molar-refractivity contribution in [2.45, 2.75) is 6.54 Å². The Morgan fingerprint density at radius 3 is 2.67 bits per heavy atom. The monoisotopic (exact) mass is 367 g/mol. The van der Waals surface area contributed by atoms with Crippen LogP contribution in [0.5, 0.6) is 11.5 Å². The second-order valence-corrected chi connectivity index (χ2v) is 5.86. The molecule has 136 valence electrons. The highest BCUT2D eigenvalue weighted by atomic mass is 19.1. The second kappa shape index (κ2) is 6.91. The molecule has 0 bridgehead atoms. The smallest absolute Gasteiger partial charge is 0.254 e. The molecule has 1 N–H and O–H groups in total. The van der Waals surface area contributed by atoms with Gasteiger partial charge in [-0.15, -0.1) is 0 Å². The minimum Gasteiger partial charge on any atom is -0.454 e. The number of rotatable bonds is 4. The van der Waals surface area contributed by atoms with Crippen molar-refractivity contribution in [1.82, 2.24) is 9.55 Å². The number of hydrogen-bond acceptors (Lipinski definition) is 5. The van der Waals surface area contributed by atoms with E-state index in [4.69, 9.17) is 9.47 Å². The number of hydrogen-bond donors (Lipinski definition) is 1. The molecule has 27 heavy (non-hydrogen) atoms. The molecule has 1 aliphatic heterocycles. The third-order valence-corrected chi connectivity index (χ3v) is 3.99. The second-order valence-electron chi connectivity index (χ2n) is 5.86. The van der Waals surface area contributed by atoms with Gasteiger partial charge in [0.15, 0.2) is 11.5 Å². The molecule has 0 saturated heterocycles. The van der Waals surface area contributed by atoms with Gasteiger partial charge in [-0.2, -0.15) is 0 Å². The Kier molecular flexibility index (Phi) is 4.29. The molecule has 1 amide bonds. The number of nitrogens with zero attached hydrogens (tertiary/aromatic N) is 2. The molecule has 4 rings (SSSR count). The van der Waals surface area contributed by atoms with Crippen molar-refractivity contribution < 1.29 is 18.7 Å². The molecule has 0 unspecified atom stereocenters. The fraction of sp³-hybridized carbons (Fsp3) is 0.105. The summed E-state index contributed by atoms with van der Waals surface area (Å²) < 4.78 is 24.7. The summed E-state index contributed by atoms with van der Waals surface area (Å²) in [7, 11) is 0. The summed E-state index contributed by atoms with van der Waals surface area (Å²) >= 11 is 0. The summed E-state index contributed by atoms with van der Waals surface area (Å²) in [5.74, 6) is 0.426. The number of halogens is 1. The molecule has 0 fully saturated rings. The van der Waals surface area contributed by atoms with Crippen LogP contribution in [0, 0.1) is 5.82 Å². The van der Waals surface area contributed by atoms with E-state index in [1.165, 1.54) is 41.2 Å². The van der Waals surface area contributed by atoms with E-state index in [0.29, 0.717) is 28.4 Å². The normalized spacial score (nSPS) is 12.0. The van der Waals surface area contributed by atoms with Gasteiger partial charge in [-0.1, -0.05) is 0 Å². The quantitative estimate of drug-likeness (QED) is 0.766. The zero-order valence-corrected chi connectivity index (χ0v) is 14.0. The topological polar surface area (TPSA) is 82.5 Å². The third-order valence-electron chi connectivity index (χ3n) is 3.99. The van der Waals surface area contributed by atoms with Crippen LogP contribution in [-0.4, -0.2) is 22.3 Å². The lowest BCUT2D eigenvalue weighted by Gasteiger charge is -2.08. The minimum absolute atomic E-state index is 0.164. The predicted molar refractivity (Wildman–Crippen MR) is 95.1 cm³/mol. The highest BCUT2D eigenvalue weighted by Crippen LogP contribution is 2.35. The molecule has 0 saturated carbocycles. The van der Waals surface area contributed by atoms with Crippen LogP contribution in [0.4, 0.5) is 10.1 Å². The molecule has 2 aromatic carbocycles. The van der Waals surface area contributed by atoms with Crippen LogP contribution < -0.4 is 20.3 Å². The first-order chi connectivity index (χ1) is 13.1. The van der Waals surface area contributed by atoms with Gasteiger partial charge in [0.2, 0.25) is 12.7 Å². The molecule has 0 atom stereocenters. The van der Waals surface area contributed by atoms with Crippen LogP contribution >= 0.6 is 0 Å². The predicted octanol–water partition coefficient (Wildman–Crippen LogP) is 2.42. The van der Waals surface area contributed by atoms with E-state index in [9.17, 15) is 14.0 Å². The fourth-order valence-electron chi connectivity index (χ4n) is 2.65. The van der Waals surface area contributed by atoms with Gasteiger partial charge in [0.05, 0.1) is 12.0 Å². The van der Waals surface area contributed by atoms with Gasteiger partial charge in [0.1, 0.15) is 12.4 Å². The minimum atomic E-state index is -0.415. The molecule has 7 nitrogen and oxygen atoms in total. The highest BCUT2D eigenvalue weighted by molar-refractivity contribution is 5.90. The summed E-state index contributed by atoms with van der Waals surface area (Å²) in [5.41, 5.74) is 1.25. The maximum Gasteiger partial charge on any atom is 0.254 e. The largest absolute Gasteiger partial charge is 0.454 e. The van der Waals surface area contributed by atoms with E-state index in [1.807, 2.05) is 0 Å². The first-order valence-electron chi connectivity index (χ1n) is 8.10. The first kappa shape index (κ1) is 16.8. The van der Waals surface area contributed by atoms with Crippen LogP contribution in [0.25, 0.3) is 11.3 Å². The Bertz CT molecular complexity index is 1060. The lowest BCUT2D eigenvalue weighted by atomic mass is 10.1. The van der Waals surface area contributed by atoms with E-state index in [2.05, 4.69) is 10.3 Å². The number of carbonyl (C=O) groups is 1. The zero-order valence-electron chi connectivity index (χ0n) is 14.0. The SMILES string of the molecule is O=C(Cn1cnc(-c2ccc3c(c2)OCO3)cc1=O)Nc1ccc(F)cc1. The molecule has 1 aliphatic rings. The first-order valence-corrected chi connectivity index (χ1v) is 8.10. The van der Waals surface area contributed by atoms with Gasteiger partial charge in [0.25, 0.3) is 5.56 Å². The van der Waals surface area contributed by atoms with E-state index in [1.54, 1.807) is 18.2 Å². The van der Waals surface area contributed by atoms with Crippen LogP contribution in [0.1, 0.15) is 0 Å². The Hall–Kier alpha value is -3.68. The number of nitrogens with one attached hydrogen (secondary N) is 1. The summed E-state index contributed by atoms with van der Waals surface area (Å²) in [6.07, 6.45) is 1.31. The molecular weight excluding hydrogens is 353 g/mol. The Morgan fingerprint density at radius 2 is 1.89 bits per heavy atom. The Labute approximate surface area is 153 Å². The number of carbonyl (C=O) groups excluding carboxylic acids is 1. The number of amides is 1. The van der Waals surface area contributed by atoms with Crippen molar-refractivity contribution in [3.05, 3.63) is 71.0 Å². The summed E-state index contributed by atoms with van der Waals surface area (Å²) in [4.78, 5) is 28.6. The molecule has 3 aromatic rings. The average Bonchev–Trinajstić information content (AvgIpc) is 3.13. The average molecular weight is 367 g/mol. The van der Waals surface area contributed by atoms with E-state index in [-0.39, 0.29) is 18.9 Å². The molecule has 0 aliphatic carbocycles. The van der Waals surface area contributed by atoms with E-state index >= 15 is 0 Å².